The van der Waals surface area contributed by atoms with Gasteiger partial charge < -0.3 is 13.1 Å². The van der Waals surface area contributed by atoms with Gasteiger partial charge in [-0.2, -0.15) is 0 Å². The fourth-order valence-corrected chi connectivity index (χ4v) is 14.6. The first kappa shape index (κ1) is 26.5. The third-order valence-electron chi connectivity index (χ3n) is 5.21. The molecule has 0 heterocycles. The lowest BCUT2D eigenvalue weighted by molar-refractivity contribution is 0.126. The van der Waals surface area contributed by atoms with Crippen LogP contribution in [-0.2, 0) is 17.6 Å². The van der Waals surface area contributed by atoms with E-state index in [1.165, 1.54) is 0 Å². The van der Waals surface area contributed by atoms with Crippen molar-refractivity contribution in [1.82, 2.24) is 0 Å². The third kappa shape index (κ3) is 8.30. The predicted molar refractivity (Wildman–Crippen MR) is 137 cm³/mol. The summed E-state index contributed by atoms with van der Waals surface area (Å²) in [5, 5.41) is 0. The Morgan fingerprint density at radius 1 is 0.900 bits per heavy atom. The lowest BCUT2D eigenvalue weighted by atomic mass is 9.97. The van der Waals surface area contributed by atoms with Crippen molar-refractivity contribution in [3.05, 3.63) is 24.3 Å². The van der Waals surface area contributed by atoms with E-state index in [1.807, 2.05) is 0 Å². The number of rotatable bonds is 9. The Labute approximate surface area is 188 Å². The topological polar surface area (TPSA) is 44.8 Å². The second-order valence-electron chi connectivity index (χ2n) is 12.0. The maximum Gasteiger partial charge on any atom is 0.202 e. The molecule has 8 heteroatoms. The molecule has 0 N–H and O–H groups in total. The summed E-state index contributed by atoms with van der Waals surface area (Å²) in [7, 11) is -8.64. The van der Waals surface area contributed by atoms with Crippen LogP contribution in [0.1, 0.15) is 32.1 Å². The molecule has 2 aliphatic carbocycles. The van der Waals surface area contributed by atoms with E-state index < -0.39 is 37.9 Å². The van der Waals surface area contributed by atoms with Crippen LogP contribution in [0.3, 0.4) is 0 Å². The Morgan fingerprint density at radius 3 is 2.03 bits per heavy atom. The summed E-state index contributed by atoms with van der Waals surface area (Å²) in [6.07, 6.45) is 13.9. The first-order chi connectivity index (χ1) is 13.5. The molecule has 174 valence electrons. The molecule has 0 aromatic heterocycles. The molecule has 2 rings (SSSR count). The normalized spacial score (nSPS) is 30.3. The van der Waals surface area contributed by atoms with Gasteiger partial charge in [0, 0.05) is 0 Å². The van der Waals surface area contributed by atoms with Gasteiger partial charge in [0.25, 0.3) is 0 Å². The van der Waals surface area contributed by atoms with Gasteiger partial charge in [-0.25, -0.2) is 0 Å². The molecule has 0 bridgehead atoms. The van der Waals surface area contributed by atoms with E-state index in [-0.39, 0.29) is 11.8 Å². The SMILES string of the molecule is C[Si](C)(C)OC1CCCCC1P(=O)(CC1(O[Si](C)(C)C)C=CC=CC1)O[Si](C)(C)C. The standard InChI is InChI=1S/C22H45O4PSi3/c1-28(2,3)24-20-15-11-12-16-21(20)27(23,26-30(7,8)9)19-22(25-29(4,5)6)17-13-10-14-18-22/h10,13-14,17,20-21H,11-12,15-16,18-19H2,1-9H3. The highest BCUT2D eigenvalue weighted by Gasteiger charge is 2.50. The second kappa shape index (κ2) is 9.62. The van der Waals surface area contributed by atoms with Gasteiger partial charge in [0.15, 0.2) is 25.0 Å². The zero-order valence-electron chi connectivity index (χ0n) is 20.8. The van der Waals surface area contributed by atoms with E-state index in [9.17, 15) is 4.57 Å². The Kier molecular flexibility index (Phi) is 8.49. The van der Waals surface area contributed by atoms with Crippen LogP contribution in [0.15, 0.2) is 24.3 Å². The molecular formula is C22H45O4PSi3. The lowest BCUT2D eigenvalue weighted by Crippen LogP contribution is -2.48. The molecule has 0 radical (unpaired) electrons. The molecule has 30 heavy (non-hydrogen) atoms. The number of hydrogen-bond donors (Lipinski definition) is 0. The van der Waals surface area contributed by atoms with Crippen molar-refractivity contribution in [2.45, 2.75) is 108 Å². The fraction of sp³-hybridized carbons (Fsp3) is 0.818. The van der Waals surface area contributed by atoms with Crippen molar-refractivity contribution in [2.75, 3.05) is 6.16 Å². The second-order valence-corrected chi connectivity index (χ2v) is 28.3. The summed E-state index contributed by atoms with van der Waals surface area (Å²) in [6.45, 7) is 19.8. The molecule has 1 fully saturated rings. The van der Waals surface area contributed by atoms with E-state index in [2.05, 4.69) is 83.2 Å². The van der Waals surface area contributed by atoms with E-state index in [1.54, 1.807) is 0 Å². The molecular weight excluding hydrogens is 443 g/mol. The maximum absolute atomic E-state index is 14.9. The summed E-state index contributed by atoms with van der Waals surface area (Å²) in [4.78, 5) is 0. The van der Waals surface area contributed by atoms with Crippen LogP contribution in [0, 0.1) is 0 Å². The summed E-state index contributed by atoms with van der Waals surface area (Å²) in [5.41, 5.74) is -0.554. The molecule has 0 aromatic carbocycles. The summed E-state index contributed by atoms with van der Waals surface area (Å²) in [6, 6.07) is 0. The van der Waals surface area contributed by atoms with Crippen LogP contribution >= 0.6 is 7.37 Å². The van der Waals surface area contributed by atoms with Gasteiger partial charge in [0.1, 0.15) is 0 Å². The average molecular weight is 489 g/mol. The molecule has 4 unspecified atom stereocenters. The van der Waals surface area contributed by atoms with Crippen molar-refractivity contribution in [3.63, 3.8) is 0 Å². The molecule has 4 nitrogen and oxygen atoms in total. The molecule has 0 amide bonds. The van der Waals surface area contributed by atoms with Gasteiger partial charge >= 0.3 is 0 Å². The molecule has 2 aliphatic rings. The average Bonchev–Trinajstić information content (AvgIpc) is 2.50. The van der Waals surface area contributed by atoms with Crippen LogP contribution in [0.25, 0.3) is 0 Å². The zero-order valence-corrected chi connectivity index (χ0v) is 24.7. The van der Waals surface area contributed by atoms with E-state index in [0.717, 1.165) is 32.1 Å². The van der Waals surface area contributed by atoms with Crippen molar-refractivity contribution >= 4 is 32.3 Å². The van der Waals surface area contributed by atoms with Crippen molar-refractivity contribution in [2.24, 2.45) is 0 Å². The number of hydrogen-bond acceptors (Lipinski definition) is 4. The summed E-state index contributed by atoms with van der Waals surface area (Å²) >= 11 is 0. The molecule has 0 saturated heterocycles. The smallest absolute Gasteiger partial charge is 0.202 e. The van der Waals surface area contributed by atoms with Crippen LogP contribution in [0.4, 0.5) is 0 Å². The maximum atomic E-state index is 14.9. The zero-order chi connectivity index (χ0) is 22.8. The van der Waals surface area contributed by atoms with Crippen LogP contribution in [0.2, 0.25) is 58.9 Å². The molecule has 0 aromatic rings. The van der Waals surface area contributed by atoms with E-state index in [4.69, 9.17) is 13.1 Å². The van der Waals surface area contributed by atoms with Crippen molar-refractivity contribution < 1.29 is 17.6 Å². The molecule has 0 aliphatic heterocycles. The minimum Gasteiger partial charge on any atom is -0.414 e. The van der Waals surface area contributed by atoms with Gasteiger partial charge in [-0.05, 0) is 78.2 Å². The highest BCUT2D eigenvalue weighted by molar-refractivity contribution is 7.61. The van der Waals surface area contributed by atoms with E-state index >= 15 is 0 Å². The highest BCUT2D eigenvalue weighted by Crippen LogP contribution is 2.61. The molecule has 1 saturated carbocycles. The van der Waals surface area contributed by atoms with Gasteiger partial charge in [-0.1, -0.05) is 37.1 Å². The van der Waals surface area contributed by atoms with Crippen LogP contribution < -0.4 is 0 Å². The highest BCUT2D eigenvalue weighted by atomic mass is 31.2. The Bertz CT molecular complexity index is 688. The van der Waals surface area contributed by atoms with Crippen molar-refractivity contribution in [3.8, 4) is 0 Å². The molecule has 4 atom stereocenters. The quantitative estimate of drug-likeness (QED) is 0.251. The minimum absolute atomic E-state index is 0.0221. The van der Waals surface area contributed by atoms with Crippen molar-refractivity contribution in [1.29, 1.82) is 0 Å². The largest absolute Gasteiger partial charge is 0.414 e. The van der Waals surface area contributed by atoms with E-state index in [0.29, 0.717) is 6.16 Å². The van der Waals surface area contributed by atoms with Crippen LogP contribution in [0.5, 0.6) is 0 Å². The lowest BCUT2D eigenvalue weighted by Gasteiger charge is -2.46. The van der Waals surface area contributed by atoms with Gasteiger partial charge in [-0.15, -0.1) is 0 Å². The first-order valence-electron chi connectivity index (χ1n) is 11.5. The Morgan fingerprint density at radius 2 is 1.53 bits per heavy atom. The minimum atomic E-state index is -3.01. The van der Waals surface area contributed by atoms with Crippen LogP contribution in [-0.4, -0.2) is 48.5 Å². The van der Waals surface area contributed by atoms with Gasteiger partial charge in [0.05, 0.1) is 23.5 Å². The molecule has 0 spiro atoms. The summed E-state index contributed by atoms with van der Waals surface area (Å²) < 4.78 is 34.9. The number of allylic oxidation sites excluding steroid dienone is 2. The van der Waals surface area contributed by atoms with Gasteiger partial charge in [0.2, 0.25) is 7.37 Å². The summed E-state index contributed by atoms with van der Waals surface area (Å²) in [5.74, 6) is 0. The predicted octanol–water partition coefficient (Wildman–Crippen LogP) is 7.39. The first-order valence-corrected chi connectivity index (χ1v) is 23.6. The third-order valence-corrected chi connectivity index (χ3v) is 13.2. The van der Waals surface area contributed by atoms with Gasteiger partial charge in [-0.3, -0.25) is 4.57 Å². The fourth-order valence-electron chi connectivity index (χ4n) is 4.65. The monoisotopic (exact) mass is 488 g/mol. The Hall–Kier alpha value is 0.241. The Balaban J connectivity index is 2.45.